The molecule has 180 valence electrons. The standard InChI is InChI=1S/C28H27NO6/c1-4-15-35-21-12-8-11-19(16-21)29-25(18-9-6-5-7-10-18)24(27(31)28(29)32)26(30)22-17-20(33-2)13-14-23(22)34-3/h5-14,16-17,25,30H,4,15H2,1-3H3/b26-24+. The molecular formula is C28H27NO6. The summed E-state index contributed by atoms with van der Waals surface area (Å²) < 4.78 is 16.5. The Morgan fingerprint density at radius 3 is 2.37 bits per heavy atom. The molecule has 1 heterocycles. The molecule has 0 bridgehead atoms. The lowest BCUT2D eigenvalue weighted by Gasteiger charge is -2.26. The van der Waals surface area contributed by atoms with Crippen molar-refractivity contribution in [1.29, 1.82) is 0 Å². The summed E-state index contributed by atoms with van der Waals surface area (Å²) in [5.74, 6) is -0.465. The van der Waals surface area contributed by atoms with Crippen molar-refractivity contribution in [2.75, 3.05) is 25.7 Å². The van der Waals surface area contributed by atoms with Gasteiger partial charge in [0.25, 0.3) is 11.7 Å². The number of hydrogen-bond donors (Lipinski definition) is 1. The molecule has 7 nitrogen and oxygen atoms in total. The summed E-state index contributed by atoms with van der Waals surface area (Å²) in [7, 11) is 2.97. The zero-order chi connectivity index (χ0) is 24.9. The summed E-state index contributed by atoms with van der Waals surface area (Å²) in [6.45, 7) is 2.53. The second-order valence-electron chi connectivity index (χ2n) is 7.99. The topological polar surface area (TPSA) is 85.3 Å². The zero-order valence-corrected chi connectivity index (χ0v) is 19.9. The number of ether oxygens (including phenoxy) is 3. The lowest BCUT2D eigenvalue weighted by Crippen LogP contribution is -2.29. The number of benzene rings is 3. The third-order valence-electron chi connectivity index (χ3n) is 5.79. The SMILES string of the molecule is CCCOc1cccc(N2C(=O)C(=O)/C(=C(/O)c3cc(OC)ccc3OC)C2c2ccccc2)c1. The molecule has 3 aromatic carbocycles. The molecule has 3 aromatic rings. The van der Waals surface area contributed by atoms with Crippen molar-refractivity contribution < 1.29 is 28.9 Å². The summed E-state index contributed by atoms with van der Waals surface area (Å²) >= 11 is 0. The monoisotopic (exact) mass is 473 g/mol. The minimum absolute atomic E-state index is 0.0346. The Morgan fingerprint density at radius 2 is 1.69 bits per heavy atom. The third-order valence-corrected chi connectivity index (χ3v) is 5.79. The molecule has 1 N–H and O–H groups in total. The number of Topliss-reactive ketones (excluding diaryl/α,β-unsaturated/α-hetero) is 1. The van der Waals surface area contributed by atoms with Gasteiger partial charge in [0, 0.05) is 11.8 Å². The van der Waals surface area contributed by atoms with E-state index in [9.17, 15) is 14.7 Å². The number of amides is 1. The van der Waals surface area contributed by atoms with Crippen molar-refractivity contribution in [3.8, 4) is 17.2 Å². The van der Waals surface area contributed by atoms with E-state index >= 15 is 0 Å². The van der Waals surface area contributed by atoms with Crippen LogP contribution in [0, 0.1) is 0 Å². The second kappa shape index (κ2) is 10.3. The first kappa shape index (κ1) is 23.9. The van der Waals surface area contributed by atoms with Crippen molar-refractivity contribution in [3.63, 3.8) is 0 Å². The Kier molecular flexibility index (Phi) is 7.06. The Morgan fingerprint density at radius 1 is 0.914 bits per heavy atom. The fourth-order valence-electron chi connectivity index (χ4n) is 4.14. The Hall–Kier alpha value is -4.26. The van der Waals surface area contributed by atoms with Crippen LogP contribution in [0.25, 0.3) is 5.76 Å². The lowest BCUT2D eigenvalue weighted by atomic mass is 9.94. The van der Waals surface area contributed by atoms with Crippen LogP contribution in [-0.4, -0.2) is 37.6 Å². The van der Waals surface area contributed by atoms with Crippen LogP contribution in [0.15, 0.2) is 78.4 Å². The number of methoxy groups -OCH3 is 2. The first-order valence-corrected chi connectivity index (χ1v) is 11.3. The van der Waals surface area contributed by atoms with Crippen molar-refractivity contribution >= 4 is 23.1 Å². The number of rotatable bonds is 8. The molecule has 0 aliphatic carbocycles. The number of carbonyl (C=O) groups excluding carboxylic acids is 2. The maximum atomic E-state index is 13.4. The van der Waals surface area contributed by atoms with Gasteiger partial charge in [-0.3, -0.25) is 14.5 Å². The van der Waals surface area contributed by atoms with Gasteiger partial charge in [0.1, 0.15) is 23.0 Å². The average Bonchev–Trinajstić information content (AvgIpc) is 3.17. The largest absolute Gasteiger partial charge is 0.507 e. The van der Waals surface area contributed by atoms with E-state index in [-0.39, 0.29) is 16.9 Å². The number of aliphatic hydroxyl groups is 1. The van der Waals surface area contributed by atoms with Gasteiger partial charge in [0.15, 0.2) is 0 Å². The fraction of sp³-hybridized carbons (Fsp3) is 0.214. The van der Waals surface area contributed by atoms with Crippen molar-refractivity contribution in [2.45, 2.75) is 19.4 Å². The van der Waals surface area contributed by atoms with Crippen LogP contribution >= 0.6 is 0 Å². The molecule has 1 atom stereocenters. The molecule has 35 heavy (non-hydrogen) atoms. The van der Waals surface area contributed by atoms with E-state index in [0.29, 0.717) is 35.1 Å². The summed E-state index contributed by atoms with van der Waals surface area (Å²) in [6.07, 6.45) is 0.834. The van der Waals surface area contributed by atoms with E-state index in [1.807, 2.05) is 37.3 Å². The van der Waals surface area contributed by atoms with Crippen molar-refractivity contribution in [2.24, 2.45) is 0 Å². The quantitative estimate of drug-likeness (QED) is 0.278. The van der Waals surface area contributed by atoms with E-state index in [1.54, 1.807) is 42.5 Å². The fourth-order valence-corrected chi connectivity index (χ4v) is 4.14. The molecule has 4 rings (SSSR count). The van der Waals surface area contributed by atoms with Crippen LogP contribution in [0.2, 0.25) is 0 Å². The summed E-state index contributed by atoms with van der Waals surface area (Å²) in [5.41, 5.74) is 1.39. The van der Waals surface area contributed by atoms with Crippen LogP contribution in [0.1, 0.15) is 30.5 Å². The Labute approximate surface area is 204 Å². The molecule has 0 radical (unpaired) electrons. The number of nitrogens with zero attached hydrogens (tertiary/aromatic N) is 1. The van der Waals surface area contributed by atoms with Crippen LogP contribution in [0.3, 0.4) is 0 Å². The van der Waals surface area contributed by atoms with Gasteiger partial charge in [0.2, 0.25) is 0 Å². The molecule has 0 aromatic heterocycles. The van der Waals surface area contributed by atoms with Crippen LogP contribution in [0.5, 0.6) is 17.2 Å². The van der Waals surface area contributed by atoms with E-state index < -0.39 is 17.7 Å². The van der Waals surface area contributed by atoms with Gasteiger partial charge >= 0.3 is 0 Å². The summed E-state index contributed by atoms with van der Waals surface area (Å²) in [4.78, 5) is 28.2. The predicted molar refractivity (Wildman–Crippen MR) is 133 cm³/mol. The first-order valence-electron chi connectivity index (χ1n) is 11.3. The first-order chi connectivity index (χ1) is 17.0. The zero-order valence-electron chi connectivity index (χ0n) is 19.9. The normalized spacial score (nSPS) is 16.9. The van der Waals surface area contributed by atoms with Crippen molar-refractivity contribution in [1.82, 2.24) is 0 Å². The van der Waals surface area contributed by atoms with E-state index in [4.69, 9.17) is 14.2 Å². The Balaban J connectivity index is 1.92. The van der Waals surface area contributed by atoms with Gasteiger partial charge in [-0.05, 0) is 42.3 Å². The van der Waals surface area contributed by atoms with Gasteiger partial charge in [-0.15, -0.1) is 0 Å². The van der Waals surface area contributed by atoms with Gasteiger partial charge < -0.3 is 19.3 Å². The highest BCUT2D eigenvalue weighted by atomic mass is 16.5. The number of anilines is 1. The Bertz CT molecular complexity index is 1270. The van der Waals surface area contributed by atoms with Crippen LogP contribution < -0.4 is 19.1 Å². The summed E-state index contributed by atoms with van der Waals surface area (Å²) in [6, 6.07) is 20.2. The number of carbonyl (C=O) groups is 2. The molecule has 0 spiro atoms. The average molecular weight is 474 g/mol. The van der Waals surface area contributed by atoms with Gasteiger partial charge in [-0.25, -0.2) is 0 Å². The number of aliphatic hydroxyl groups excluding tert-OH is 1. The molecule has 1 aliphatic heterocycles. The predicted octanol–water partition coefficient (Wildman–Crippen LogP) is 5.12. The van der Waals surface area contributed by atoms with E-state index in [1.165, 1.54) is 19.1 Å². The van der Waals surface area contributed by atoms with E-state index in [2.05, 4.69) is 0 Å². The molecule has 0 saturated carbocycles. The van der Waals surface area contributed by atoms with Gasteiger partial charge in [0.05, 0.1) is 38.0 Å². The molecule has 1 amide bonds. The second-order valence-corrected chi connectivity index (χ2v) is 7.99. The highest BCUT2D eigenvalue weighted by molar-refractivity contribution is 6.51. The minimum Gasteiger partial charge on any atom is -0.507 e. The van der Waals surface area contributed by atoms with E-state index in [0.717, 1.165) is 6.42 Å². The van der Waals surface area contributed by atoms with Gasteiger partial charge in [-0.2, -0.15) is 0 Å². The molecular weight excluding hydrogens is 446 g/mol. The lowest BCUT2D eigenvalue weighted by molar-refractivity contribution is -0.132. The third kappa shape index (κ3) is 4.57. The summed E-state index contributed by atoms with van der Waals surface area (Å²) in [5, 5.41) is 11.4. The molecule has 1 unspecified atom stereocenters. The smallest absolute Gasteiger partial charge is 0.300 e. The highest BCUT2D eigenvalue weighted by Gasteiger charge is 2.47. The maximum absolute atomic E-state index is 13.4. The van der Waals surface area contributed by atoms with Crippen molar-refractivity contribution in [3.05, 3.63) is 89.5 Å². The van der Waals surface area contributed by atoms with Crippen LogP contribution in [0.4, 0.5) is 5.69 Å². The maximum Gasteiger partial charge on any atom is 0.300 e. The van der Waals surface area contributed by atoms with Crippen LogP contribution in [-0.2, 0) is 9.59 Å². The molecule has 1 fully saturated rings. The number of hydrogen-bond acceptors (Lipinski definition) is 6. The molecule has 1 aliphatic rings. The molecule has 1 saturated heterocycles. The van der Waals surface area contributed by atoms with Gasteiger partial charge in [-0.1, -0.05) is 43.3 Å². The number of ketones is 1. The molecule has 7 heteroatoms. The minimum atomic E-state index is -0.853. The highest BCUT2D eigenvalue weighted by Crippen LogP contribution is 2.44.